The van der Waals surface area contributed by atoms with E-state index in [0.717, 1.165) is 17.7 Å². The maximum atomic E-state index is 12.0. The number of fused-ring (bicyclic) bond motifs is 1. The van der Waals surface area contributed by atoms with Crippen molar-refractivity contribution in [1.29, 1.82) is 0 Å². The van der Waals surface area contributed by atoms with E-state index in [1.165, 1.54) is 19.9 Å². The van der Waals surface area contributed by atoms with Crippen molar-refractivity contribution < 1.29 is 14.4 Å². The lowest BCUT2D eigenvalue weighted by Crippen LogP contribution is -2.24. The molecule has 1 aliphatic carbocycles. The first kappa shape index (κ1) is 13.8. The summed E-state index contributed by atoms with van der Waals surface area (Å²) in [6.07, 6.45) is 5.19. The van der Waals surface area contributed by atoms with Crippen molar-refractivity contribution >= 4 is 23.4 Å². The quantitative estimate of drug-likeness (QED) is 0.868. The Labute approximate surface area is 123 Å². The van der Waals surface area contributed by atoms with Crippen molar-refractivity contribution in [3.63, 3.8) is 0 Å². The van der Waals surface area contributed by atoms with Gasteiger partial charge in [-0.25, -0.2) is 0 Å². The van der Waals surface area contributed by atoms with Gasteiger partial charge < -0.3 is 5.32 Å². The van der Waals surface area contributed by atoms with Gasteiger partial charge in [-0.15, -0.1) is 0 Å². The largest absolute Gasteiger partial charge is 0.326 e. The van der Waals surface area contributed by atoms with E-state index >= 15 is 0 Å². The maximum Gasteiger partial charge on any atom is 0.261 e. The molecule has 0 aromatic heterocycles. The smallest absolute Gasteiger partial charge is 0.261 e. The Morgan fingerprint density at radius 3 is 2.57 bits per heavy atom. The summed E-state index contributed by atoms with van der Waals surface area (Å²) < 4.78 is 0. The number of nitrogens with zero attached hydrogens (tertiary/aromatic N) is 1. The predicted octanol–water partition coefficient (Wildman–Crippen LogP) is 2.43. The van der Waals surface area contributed by atoms with Crippen LogP contribution in [0.1, 0.15) is 52.8 Å². The Hall–Kier alpha value is -2.17. The third kappa shape index (κ3) is 2.55. The molecule has 1 fully saturated rings. The summed E-state index contributed by atoms with van der Waals surface area (Å²) in [5.74, 6) is -0.151. The number of amides is 3. The molecule has 1 N–H and O–H groups in total. The summed E-state index contributed by atoms with van der Waals surface area (Å²) in [4.78, 5) is 36.8. The van der Waals surface area contributed by atoms with Crippen LogP contribution in [0.25, 0.3) is 0 Å². The molecule has 0 bridgehead atoms. The second-order valence-electron chi connectivity index (χ2n) is 5.83. The first-order valence-electron chi connectivity index (χ1n) is 7.32. The minimum absolute atomic E-state index is 0.0213. The number of nitrogens with one attached hydrogen (secondary N) is 1. The van der Waals surface area contributed by atoms with Gasteiger partial charge in [0.15, 0.2) is 0 Å². The van der Waals surface area contributed by atoms with Crippen molar-refractivity contribution in [2.75, 3.05) is 12.4 Å². The van der Waals surface area contributed by atoms with Gasteiger partial charge >= 0.3 is 0 Å². The van der Waals surface area contributed by atoms with Gasteiger partial charge in [-0.05, 0) is 37.0 Å². The van der Waals surface area contributed by atoms with E-state index in [0.29, 0.717) is 29.2 Å². The van der Waals surface area contributed by atoms with Crippen LogP contribution in [0.2, 0.25) is 0 Å². The first-order valence-corrected chi connectivity index (χ1v) is 7.32. The fraction of sp³-hybridized carbons (Fsp3) is 0.438. The highest BCUT2D eigenvalue weighted by atomic mass is 16.2. The highest BCUT2D eigenvalue weighted by molar-refractivity contribution is 6.21. The third-order valence-corrected chi connectivity index (χ3v) is 4.32. The molecule has 0 spiro atoms. The zero-order valence-corrected chi connectivity index (χ0v) is 12.0. The Bertz CT molecular complexity index is 618. The number of rotatable bonds is 3. The van der Waals surface area contributed by atoms with Crippen molar-refractivity contribution in [2.24, 2.45) is 5.92 Å². The molecule has 5 heteroatoms. The molecule has 0 saturated heterocycles. The number of anilines is 1. The van der Waals surface area contributed by atoms with Crippen molar-refractivity contribution in [3.05, 3.63) is 29.3 Å². The van der Waals surface area contributed by atoms with Gasteiger partial charge in [-0.1, -0.05) is 12.8 Å². The Morgan fingerprint density at radius 1 is 1.19 bits per heavy atom. The van der Waals surface area contributed by atoms with Crippen LogP contribution in [0, 0.1) is 5.92 Å². The van der Waals surface area contributed by atoms with Gasteiger partial charge in [0.1, 0.15) is 0 Å². The molecule has 1 saturated carbocycles. The second-order valence-corrected chi connectivity index (χ2v) is 5.83. The monoisotopic (exact) mass is 286 g/mol. The fourth-order valence-corrected chi connectivity index (χ4v) is 3.13. The molecule has 1 aromatic carbocycles. The topological polar surface area (TPSA) is 66.5 Å². The molecule has 1 aromatic rings. The minimum atomic E-state index is -0.318. The van der Waals surface area contributed by atoms with E-state index in [9.17, 15) is 14.4 Å². The number of imide groups is 1. The van der Waals surface area contributed by atoms with Crippen molar-refractivity contribution in [3.8, 4) is 0 Å². The lowest BCUT2D eigenvalue weighted by molar-refractivity contribution is -0.117. The number of hydrogen-bond donors (Lipinski definition) is 1. The summed E-state index contributed by atoms with van der Waals surface area (Å²) in [6, 6.07) is 4.87. The Morgan fingerprint density at radius 2 is 1.86 bits per heavy atom. The van der Waals surface area contributed by atoms with E-state index in [2.05, 4.69) is 5.32 Å². The van der Waals surface area contributed by atoms with E-state index in [-0.39, 0.29) is 17.7 Å². The summed E-state index contributed by atoms with van der Waals surface area (Å²) >= 11 is 0. The highest BCUT2D eigenvalue weighted by Crippen LogP contribution is 2.28. The molecule has 21 heavy (non-hydrogen) atoms. The van der Waals surface area contributed by atoms with Crippen LogP contribution in [0.3, 0.4) is 0 Å². The molecule has 110 valence electrons. The molecule has 3 amide bonds. The molecule has 0 radical (unpaired) electrons. The molecule has 0 atom stereocenters. The van der Waals surface area contributed by atoms with Gasteiger partial charge in [0, 0.05) is 19.2 Å². The SMILES string of the molecule is CN1C(=O)c2ccc(NC(=O)CC3CCCC3)cc2C1=O. The lowest BCUT2D eigenvalue weighted by Gasteiger charge is -2.10. The summed E-state index contributed by atoms with van der Waals surface area (Å²) in [6.45, 7) is 0. The fourth-order valence-electron chi connectivity index (χ4n) is 3.13. The number of carbonyl (C=O) groups excluding carboxylic acids is 3. The summed E-state index contributed by atoms with van der Waals surface area (Å²) in [7, 11) is 1.46. The van der Waals surface area contributed by atoms with E-state index in [1.54, 1.807) is 18.2 Å². The van der Waals surface area contributed by atoms with E-state index in [1.807, 2.05) is 0 Å². The van der Waals surface area contributed by atoms with Crippen LogP contribution in [0.5, 0.6) is 0 Å². The van der Waals surface area contributed by atoms with Gasteiger partial charge in [-0.2, -0.15) is 0 Å². The van der Waals surface area contributed by atoms with Crippen LogP contribution in [0.15, 0.2) is 18.2 Å². The van der Waals surface area contributed by atoms with E-state index < -0.39 is 0 Å². The first-order chi connectivity index (χ1) is 10.1. The molecule has 0 unspecified atom stereocenters. The van der Waals surface area contributed by atoms with Crippen LogP contribution in [-0.4, -0.2) is 29.7 Å². The number of hydrogen-bond acceptors (Lipinski definition) is 3. The van der Waals surface area contributed by atoms with Crippen molar-refractivity contribution in [2.45, 2.75) is 32.1 Å². The van der Waals surface area contributed by atoms with Gasteiger partial charge in [-0.3, -0.25) is 19.3 Å². The lowest BCUT2D eigenvalue weighted by atomic mass is 10.0. The van der Waals surface area contributed by atoms with Crippen LogP contribution < -0.4 is 5.32 Å². The number of carbonyl (C=O) groups is 3. The normalized spacial score (nSPS) is 18.2. The summed E-state index contributed by atoms with van der Waals surface area (Å²) in [5, 5.41) is 2.83. The molecule has 1 heterocycles. The third-order valence-electron chi connectivity index (χ3n) is 4.32. The van der Waals surface area contributed by atoms with Crippen LogP contribution >= 0.6 is 0 Å². The zero-order chi connectivity index (χ0) is 15.0. The minimum Gasteiger partial charge on any atom is -0.326 e. The predicted molar refractivity (Wildman–Crippen MR) is 78.1 cm³/mol. The average Bonchev–Trinajstić information content (AvgIpc) is 3.03. The molecular weight excluding hydrogens is 268 g/mol. The standard InChI is InChI=1S/C16H18N2O3/c1-18-15(20)12-7-6-11(9-13(12)16(18)21)17-14(19)8-10-4-2-3-5-10/h6-7,9-10H,2-5,8H2,1H3,(H,17,19). The molecule has 5 nitrogen and oxygen atoms in total. The Kier molecular flexibility index (Phi) is 3.49. The van der Waals surface area contributed by atoms with Crippen molar-refractivity contribution in [1.82, 2.24) is 4.90 Å². The highest BCUT2D eigenvalue weighted by Gasteiger charge is 2.32. The second kappa shape index (κ2) is 5.31. The maximum absolute atomic E-state index is 12.0. The van der Waals surface area contributed by atoms with Gasteiger partial charge in [0.05, 0.1) is 11.1 Å². The van der Waals surface area contributed by atoms with Crippen LogP contribution in [-0.2, 0) is 4.79 Å². The van der Waals surface area contributed by atoms with Gasteiger partial charge in [0.25, 0.3) is 11.8 Å². The zero-order valence-electron chi connectivity index (χ0n) is 12.0. The van der Waals surface area contributed by atoms with Crippen LogP contribution in [0.4, 0.5) is 5.69 Å². The molecule has 1 aliphatic heterocycles. The Balaban J connectivity index is 1.71. The average molecular weight is 286 g/mol. The summed E-state index contributed by atoms with van der Waals surface area (Å²) in [5.41, 5.74) is 1.34. The van der Waals surface area contributed by atoms with Gasteiger partial charge in [0.2, 0.25) is 5.91 Å². The molecular formula is C16H18N2O3. The molecule has 3 rings (SSSR count). The molecule has 2 aliphatic rings. The van der Waals surface area contributed by atoms with E-state index in [4.69, 9.17) is 0 Å². The number of benzene rings is 1.